The van der Waals surface area contributed by atoms with Crippen LogP contribution in [0.3, 0.4) is 0 Å². The summed E-state index contributed by atoms with van der Waals surface area (Å²) in [7, 11) is 1.70. The molecule has 0 spiro atoms. The summed E-state index contributed by atoms with van der Waals surface area (Å²) in [4.78, 5) is 15.4. The first-order valence-corrected chi connectivity index (χ1v) is 9.99. The van der Waals surface area contributed by atoms with Crippen LogP contribution in [0.4, 0.5) is 5.69 Å². The lowest BCUT2D eigenvalue weighted by molar-refractivity contribution is -1.02. The average molecular weight is 386 g/mol. The number of nitrogens with one attached hydrogen (secondary N) is 3. The molecular weight excluding hydrogens is 354 g/mol. The molecular formula is C22H31N3O3+2. The lowest BCUT2D eigenvalue weighted by Gasteiger charge is -2.29. The van der Waals surface area contributed by atoms with Crippen LogP contribution in [0.2, 0.25) is 0 Å². The molecule has 1 aliphatic heterocycles. The van der Waals surface area contributed by atoms with Crippen molar-refractivity contribution in [3.8, 4) is 11.5 Å². The molecule has 0 aliphatic carbocycles. The predicted octanol–water partition coefficient (Wildman–Crippen LogP) is 0.0160. The summed E-state index contributed by atoms with van der Waals surface area (Å²) in [6, 6.07) is 15.9. The predicted molar refractivity (Wildman–Crippen MR) is 109 cm³/mol. The van der Waals surface area contributed by atoms with Crippen molar-refractivity contribution >= 4 is 11.6 Å². The molecule has 0 atom stereocenters. The molecule has 150 valence electrons. The van der Waals surface area contributed by atoms with E-state index in [9.17, 15) is 4.79 Å². The van der Waals surface area contributed by atoms with Gasteiger partial charge >= 0.3 is 0 Å². The van der Waals surface area contributed by atoms with Gasteiger partial charge in [-0.25, -0.2) is 0 Å². The first kappa shape index (κ1) is 20.2. The number of rotatable bonds is 8. The number of para-hydroxylation sites is 2. The number of methoxy groups -OCH3 is 1. The molecule has 0 saturated carbocycles. The molecule has 3 N–H and O–H groups in total. The highest BCUT2D eigenvalue weighted by molar-refractivity contribution is 5.92. The number of quaternary nitrogens is 2. The monoisotopic (exact) mass is 385 g/mol. The molecule has 28 heavy (non-hydrogen) atoms. The Morgan fingerprint density at radius 2 is 1.79 bits per heavy atom. The van der Waals surface area contributed by atoms with Crippen LogP contribution in [0, 0.1) is 0 Å². The number of amides is 1. The van der Waals surface area contributed by atoms with Gasteiger partial charge in [-0.1, -0.05) is 24.3 Å². The molecule has 2 aromatic carbocycles. The van der Waals surface area contributed by atoms with E-state index in [-0.39, 0.29) is 5.91 Å². The van der Waals surface area contributed by atoms with Gasteiger partial charge in [0.1, 0.15) is 44.2 Å². The molecule has 0 radical (unpaired) electrons. The Bertz CT molecular complexity index is 773. The quantitative estimate of drug-likeness (QED) is 0.600. The van der Waals surface area contributed by atoms with Gasteiger partial charge in [-0.3, -0.25) is 4.79 Å². The summed E-state index contributed by atoms with van der Waals surface area (Å²) in [6.07, 6.45) is 0. The fourth-order valence-electron chi connectivity index (χ4n) is 3.65. The van der Waals surface area contributed by atoms with Gasteiger partial charge in [0.2, 0.25) is 0 Å². The number of piperazine rings is 1. The van der Waals surface area contributed by atoms with E-state index in [2.05, 4.69) is 17.4 Å². The third-order valence-corrected chi connectivity index (χ3v) is 5.12. The Labute approximate surface area is 167 Å². The van der Waals surface area contributed by atoms with E-state index in [1.54, 1.807) is 12.0 Å². The summed E-state index contributed by atoms with van der Waals surface area (Å²) in [5.74, 6) is 1.67. The Morgan fingerprint density at radius 3 is 2.54 bits per heavy atom. The second-order valence-corrected chi connectivity index (χ2v) is 7.18. The third-order valence-electron chi connectivity index (χ3n) is 5.12. The molecule has 1 amide bonds. The maximum atomic E-state index is 12.5. The Balaban J connectivity index is 1.45. The lowest BCUT2D eigenvalue weighted by atomic mass is 10.2. The lowest BCUT2D eigenvalue weighted by Crippen LogP contribution is -3.28. The normalized spacial score (nSPS) is 19.1. The number of carbonyl (C=O) groups excluding carboxylic acids is 1. The van der Waals surface area contributed by atoms with Crippen molar-refractivity contribution in [2.45, 2.75) is 13.5 Å². The van der Waals surface area contributed by atoms with E-state index in [1.807, 2.05) is 43.3 Å². The molecule has 0 bridgehead atoms. The van der Waals surface area contributed by atoms with Crippen LogP contribution in [0.15, 0.2) is 48.5 Å². The second-order valence-electron chi connectivity index (χ2n) is 7.18. The van der Waals surface area contributed by atoms with Crippen LogP contribution in [0.25, 0.3) is 0 Å². The van der Waals surface area contributed by atoms with Crippen molar-refractivity contribution in [1.82, 2.24) is 0 Å². The van der Waals surface area contributed by atoms with Crippen LogP contribution < -0.4 is 24.6 Å². The van der Waals surface area contributed by atoms with E-state index in [0.717, 1.165) is 49.9 Å². The van der Waals surface area contributed by atoms with Crippen LogP contribution >= 0.6 is 0 Å². The first-order chi connectivity index (χ1) is 13.7. The molecule has 0 unspecified atom stereocenters. The summed E-state index contributed by atoms with van der Waals surface area (Å²) >= 11 is 0. The van der Waals surface area contributed by atoms with Crippen molar-refractivity contribution in [2.75, 3.05) is 51.8 Å². The van der Waals surface area contributed by atoms with E-state index in [1.165, 1.54) is 10.5 Å². The van der Waals surface area contributed by atoms with Gasteiger partial charge in [0.05, 0.1) is 19.4 Å². The van der Waals surface area contributed by atoms with Gasteiger partial charge in [-0.2, -0.15) is 0 Å². The molecule has 3 rings (SSSR count). The molecule has 6 heteroatoms. The maximum Gasteiger partial charge on any atom is 0.279 e. The number of anilines is 1. The fraction of sp³-hybridized carbons (Fsp3) is 0.409. The Morgan fingerprint density at radius 1 is 1.04 bits per heavy atom. The number of hydrogen-bond donors (Lipinski definition) is 3. The van der Waals surface area contributed by atoms with Crippen LogP contribution in [-0.2, 0) is 11.3 Å². The SMILES string of the molecule is CCOc1ccccc1NC(=O)C[NH+]1CC[NH+](Cc2cccc(OC)c2)CC1. The molecule has 1 aliphatic rings. The van der Waals surface area contributed by atoms with Crippen molar-refractivity contribution in [1.29, 1.82) is 0 Å². The summed E-state index contributed by atoms with van der Waals surface area (Å²) < 4.78 is 10.9. The van der Waals surface area contributed by atoms with Crippen LogP contribution in [0.5, 0.6) is 11.5 Å². The summed E-state index contributed by atoms with van der Waals surface area (Å²) in [6.45, 7) is 8.14. The number of benzene rings is 2. The average Bonchev–Trinajstić information content (AvgIpc) is 2.71. The van der Waals surface area contributed by atoms with Gasteiger partial charge in [-0.15, -0.1) is 0 Å². The molecule has 6 nitrogen and oxygen atoms in total. The molecule has 0 aromatic heterocycles. The first-order valence-electron chi connectivity index (χ1n) is 9.99. The number of ether oxygens (including phenoxy) is 2. The van der Waals surface area contributed by atoms with Gasteiger partial charge < -0.3 is 24.6 Å². The minimum absolute atomic E-state index is 0.0402. The maximum absolute atomic E-state index is 12.5. The van der Waals surface area contributed by atoms with Crippen LogP contribution in [0.1, 0.15) is 12.5 Å². The smallest absolute Gasteiger partial charge is 0.279 e. The van der Waals surface area contributed by atoms with Crippen molar-refractivity contribution in [3.63, 3.8) is 0 Å². The second kappa shape index (κ2) is 10.1. The highest BCUT2D eigenvalue weighted by Gasteiger charge is 2.25. The van der Waals surface area contributed by atoms with E-state index in [0.29, 0.717) is 13.2 Å². The van der Waals surface area contributed by atoms with Crippen molar-refractivity contribution in [2.24, 2.45) is 0 Å². The molecule has 1 fully saturated rings. The van der Waals surface area contributed by atoms with Crippen molar-refractivity contribution in [3.05, 3.63) is 54.1 Å². The van der Waals surface area contributed by atoms with E-state index >= 15 is 0 Å². The Hall–Kier alpha value is -2.57. The highest BCUT2D eigenvalue weighted by atomic mass is 16.5. The van der Waals surface area contributed by atoms with E-state index in [4.69, 9.17) is 9.47 Å². The van der Waals surface area contributed by atoms with Crippen molar-refractivity contribution < 1.29 is 24.1 Å². The fourth-order valence-corrected chi connectivity index (χ4v) is 3.65. The summed E-state index contributed by atoms with van der Waals surface area (Å²) in [5.41, 5.74) is 2.04. The molecule has 1 saturated heterocycles. The zero-order valence-corrected chi connectivity index (χ0v) is 16.8. The Kier molecular flexibility index (Phi) is 7.28. The molecule has 1 heterocycles. The van der Waals surface area contributed by atoms with Crippen LogP contribution in [-0.4, -0.2) is 52.3 Å². The van der Waals surface area contributed by atoms with Gasteiger partial charge in [0.25, 0.3) is 5.91 Å². The standard InChI is InChI=1S/C22H29N3O3/c1-3-28-21-10-5-4-9-20(21)23-22(26)17-25-13-11-24(12-14-25)16-18-7-6-8-19(15-18)27-2/h4-10,15H,3,11-14,16-17H2,1-2H3,(H,23,26)/p+2. The zero-order chi connectivity index (χ0) is 19.8. The minimum atomic E-state index is 0.0402. The minimum Gasteiger partial charge on any atom is -0.497 e. The number of carbonyl (C=O) groups is 1. The molecule has 2 aromatic rings. The summed E-state index contributed by atoms with van der Waals surface area (Å²) in [5, 5.41) is 3.00. The van der Waals surface area contributed by atoms with Gasteiger partial charge in [0.15, 0.2) is 6.54 Å². The topological polar surface area (TPSA) is 56.4 Å². The van der Waals surface area contributed by atoms with Gasteiger partial charge in [0, 0.05) is 5.56 Å². The zero-order valence-electron chi connectivity index (χ0n) is 16.8. The third kappa shape index (κ3) is 5.71. The van der Waals surface area contributed by atoms with E-state index < -0.39 is 0 Å². The van der Waals surface area contributed by atoms with Gasteiger partial charge in [-0.05, 0) is 31.2 Å². The largest absolute Gasteiger partial charge is 0.497 e. The number of hydrogen-bond acceptors (Lipinski definition) is 3. The highest BCUT2D eigenvalue weighted by Crippen LogP contribution is 2.23.